The van der Waals surface area contributed by atoms with Gasteiger partial charge in [0.1, 0.15) is 11.4 Å². The fourth-order valence-corrected chi connectivity index (χ4v) is 3.57. The second-order valence-electron chi connectivity index (χ2n) is 6.64. The molecule has 4 rings (SSSR count). The summed E-state index contributed by atoms with van der Waals surface area (Å²) in [5.41, 5.74) is 0.229. The number of aromatic nitrogens is 3. The number of carbonyl (C=O) groups excluding carboxylic acids is 1. The number of amides is 1. The minimum Gasteiger partial charge on any atom is -0.378 e. The molecule has 2 N–H and O–H groups in total. The van der Waals surface area contributed by atoms with Crippen molar-refractivity contribution in [1.82, 2.24) is 25.2 Å². The first kappa shape index (κ1) is 16.9. The van der Waals surface area contributed by atoms with Gasteiger partial charge in [0, 0.05) is 24.2 Å². The van der Waals surface area contributed by atoms with E-state index in [0.29, 0.717) is 24.6 Å². The largest absolute Gasteiger partial charge is 0.378 e. The number of hydrogen-bond acceptors (Lipinski definition) is 6. The van der Waals surface area contributed by atoms with E-state index in [4.69, 9.17) is 4.74 Å². The molecular weight excluding hydrogens is 334 g/mol. The summed E-state index contributed by atoms with van der Waals surface area (Å²) in [5, 5.41) is 2.94. The number of aromatic amines is 1. The van der Waals surface area contributed by atoms with Gasteiger partial charge in [-0.25, -0.2) is 4.98 Å². The van der Waals surface area contributed by atoms with Crippen LogP contribution in [0.2, 0.25) is 0 Å². The zero-order valence-electron chi connectivity index (χ0n) is 14.4. The van der Waals surface area contributed by atoms with Crippen LogP contribution in [0.4, 0.5) is 0 Å². The average Bonchev–Trinajstić information content (AvgIpc) is 3.33. The van der Waals surface area contributed by atoms with Gasteiger partial charge in [-0.05, 0) is 38.1 Å². The number of hydrogen-bond donors (Lipinski definition) is 2. The number of pyridine rings is 1. The molecule has 2 atom stereocenters. The van der Waals surface area contributed by atoms with Crippen molar-refractivity contribution >= 4 is 5.91 Å². The fraction of sp³-hybridized carbons (Fsp3) is 0.444. The van der Waals surface area contributed by atoms with Crippen LogP contribution in [0.15, 0.2) is 35.5 Å². The Balaban J connectivity index is 1.49. The molecule has 0 aliphatic carbocycles. The van der Waals surface area contributed by atoms with Crippen molar-refractivity contribution in [3.8, 4) is 11.4 Å². The predicted molar refractivity (Wildman–Crippen MR) is 94.8 cm³/mol. The summed E-state index contributed by atoms with van der Waals surface area (Å²) in [6, 6.07) is 3.61. The van der Waals surface area contributed by atoms with Crippen LogP contribution < -0.4 is 10.9 Å². The highest BCUT2D eigenvalue weighted by Gasteiger charge is 2.35. The molecule has 4 heterocycles. The van der Waals surface area contributed by atoms with Crippen LogP contribution in [0.1, 0.15) is 23.2 Å². The maximum absolute atomic E-state index is 12.6. The normalized spacial score (nSPS) is 23.2. The molecule has 0 spiro atoms. The lowest BCUT2D eigenvalue weighted by Gasteiger charge is -2.27. The van der Waals surface area contributed by atoms with Gasteiger partial charge in [-0.3, -0.25) is 19.5 Å². The molecule has 2 aromatic rings. The summed E-state index contributed by atoms with van der Waals surface area (Å²) in [7, 11) is 0. The van der Waals surface area contributed by atoms with E-state index < -0.39 is 11.5 Å². The Kier molecular flexibility index (Phi) is 4.77. The Morgan fingerprint density at radius 2 is 2.12 bits per heavy atom. The van der Waals surface area contributed by atoms with Crippen molar-refractivity contribution < 1.29 is 9.53 Å². The summed E-state index contributed by atoms with van der Waals surface area (Å²) >= 11 is 0. The topological polar surface area (TPSA) is 100 Å². The average molecular weight is 355 g/mol. The highest BCUT2D eigenvalue weighted by Crippen LogP contribution is 2.19. The lowest BCUT2D eigenvalue weighted by Crippen LogP contribution is -2.50. The summed E-state index contributed by atoms with van der Waals surface area (Å²) in [5.74, 6) is -0.0324. The zero-order valence-corrected chi connectivity index (χ0v) is 14.4. The van der Waals surface area contributed by atoms with E-state index in [1.54, 1.807) is 24.5 Å². The minimum absolute atomic E-state index is 0.00436. The van der Waals surface area contributed by atoms with Gasteiger partial charge in [0.15, 0.2) is 0 Å². The fourth-order valence-electron chi connectivity index (χ4n) is 3.57. The van der Waals surface area contributed by atoms with Crippen LogP contribution in [-0.2, 0) is 4.74 Å². The Bertz CT molecular complexity index is 832. The number of carbonyl (C=O) groups is 1. The number of rotatable bonds is 4. The molecule has 26 heavy (non-hydrogen) atoms. The molecule has 0 bridgehead atoms. The number of nitrogens with zero attached hydrogens (tertiary/aromatic N) is 3. The molecule has 8 nitrogen and oxygen atoms in total. The van der Waals surface area contributed by atoms with E-state index in [1.165, 1.54) is 19.0 Å². The van der Waals surface area contributed by atoms with Gasteiger partial charge < -0.3 is 15.0 Å². The van der Waals surface area contributed by atoms with E-state index in [1.807, 2.05) is 0 Å². The summed E-state index contributed by atoms with van der Waals surface area (Å²) in [6.07, 6.45) is 6.92. The Labute approximate surface area is 150 Å². The lowest BCUT2D eigenvalue weighted by molar-refractivity contribution is 0.0914. The summed E-state index contributed by atoms with van der Waals surface area (Å²) < 4.78 is 5.56. The maximum atomic E-state index is 12.6. The smallest absolute Gasteiger partial charge is 0.264 e. The Morgan fingerprint density at radius 3 is 2.85 bits per heavy atom. The summed E-state index contributed by atoms with van der Waals surface area (Å²) in [6.45, 7) is 3.14. The first-order chi connectivity index (χ1) is 12.7. The third-order valence-electron chi connectivity index (χ3n) is 4.96. The number of ether oxygens (including phenoxy) is 1. The van der Waals surface area contributed by atoms with Gasteiger partial charge in [-0.2, -0.15) is 0 Å². The lowest BCUT2D eigenvalue weighted by atomic mass is 10.1. The molecule has 8 heteroatoms. The van der Waals surface area contributed by atoms with Crippen molar-refractivity contribution in [2.45, 2.75) is 24.9 Å². The first-order valence-corrected chi connectivity index (χ1v) is 8.85. The SMILES string of the molecule is O=C(N[C@H]1COC[C@@H]1N1CCCC1)c1cnc(-c2cccnc2)[nH]c1=O. The predicted octanol–water partition coefficient (Wildman–Crippen LogP) is 0.425. The van der Waals surface area contributed by atoms with Crippen molar-refractivity contribution in [1.29, 1.82) is 0 Å². The minimum atomic E-state index is -0.465. The Hall–Kier alpha value is -2.58. The molecular formula is C18H21N5O3. The van der Waals surface area contributed by atoms with Crippen LogP contribution >= 0.6 is 0 Å². The molecule has 2 aromatic heterocycles. The third kappa shape index (κ3) is 3.38. The number of likely N-dealkylation sites (tertiary alicyclic amines) is 1. The molecule has 2 fully saturated rings. The zero-order chi connectivity index (χ0) is 17.9. The van der Waals surface area contributed by atoms with Crippen LogP contribution in [0.5, 0.6) is 0 Å². The van der Waals surface area contributed by atoms with Crippen LogP contribution in [0, 0.1) is 0 Å². The van der Waals surface area contributed by atoms with Crippen molar-refractivity contribution in [2.24, 2.45) is 0 Å². The second-order valence-corrected chi connectivity index (χ2v) is 6.64. The second kappa shape index (κ2) is 7.35. The van der Waals surface area contributed by atoms with Crippen molar-refractivity contribution in [3.63, 3.8) is 0 Å². The standard InChI is InChI=1S/C18H21N5O3/c24-17(21-14-10-26-11-15(14)23-6-1-2-7-23)13-9-20-16(22-18(13)25)12-4-3-5-19-8-12/h3-5,8-9,14-15H,1-2,6-7,10-11H2,(H,21,24)(H,20,22,25)/t14-,15-/m0/s1. The van der Waals surface area contributed by atoms with Crippen LogP contribution in [-0.4, -0.2) is 64.1 Å². The summed E-state index contributed by atoms with van der Waals surface area (Å²) in [4.78, 5) is 38.1. The van der Waals surface area contributed by atoms with Crippen LogP contribution in [0.25, 0.3) is 11.4 Å². The van der Waals surface area contributed by atoms with Gasteiger partial charge in [0.25, 0.3) is 11.5 Å². The van der Waals surface area contributed by atoms with Gasteiger partial charge in [0.05, 0.1) is 25.3 Å². The first-order valence-electron chi connectivity index (χ1n) is 8.85. The monoisotopic (exact) mass is 355 g/mol. The molecule has 0 radical (unpaired) electrons. The van der Waals surface area contributed by atoms with E-state index in [-0.39, 0.29) is 17.6 Å². The molecule has 0 unspecified atom stereocenters. The van der Waals surface area contributed by atoms with Gasteiger partial charge in [-0.1, -0.05) is 0 Å². The van der Waals surface area contributed by atoms with Gasteiger partial charge >= 0.3 is 0 Å². The molecule has 136 valence electrons. The van der Waals surface area contributed by atoms with E-state index in [0.717, 1.165) is 13.1 Å². The molecule has 0 aromatic carbocycles. The Morgan fingerprint density at radius 1 is 1.27 bits per heavy atom. The molecule has 2 saturated heterocycles. The highest BCUT2D eigenvalue weighted by atomic mass is 16.5. The molecule has 2 aliphatic rings. The van der Waals surface area contributed by atoms with Crippen molar-refractivity contribution in [3.05, 3.63) is 46.6 Å². The molecule has 1 amide bonds. The van der Waals surface area contributed by atoms with E-state index in [9.17, 15) is 9.59 Å². The quantitative estimate of drug-likeness (QED) is 0.825. The van der Waals surface area contributed by atoms with Crippen LogP contribution in [0.3, 0.4) is 0 Å². The third-order valence-corrected chi connectivity index (χ3v) is 4.96. The van der Waals surface area contributed by atoms with Gasteiger partial charge in [-0.15, -0.1) is 0 Å². The van der Waals surface area contributed by atoms with E-state index in [2.05, 4.69) is 25.2 Å². The van der Waals surface area contributed by atoms with Gasteiger partial charge in [0.2, 0.25) is 0 Å². The van der Waals surface area contributed by atoms with E-state index >= 15 is 0 Å². The number of nitrogens with one attached hydrogen (secondary N) is 2. The molecule has 2 aliphatic heterocycles. The highest BCUT2D eigenvalue weighted by molar-refractivity contribution is 5.93. The number of H-pyrrole nitrogens is 1. The molecule has 0 saturated carbocycles. The maximum Gasteiger partial charge on any atom is 0.264 e. The van der Waals surface area contributed by atoms with Crippen molar-refractivity contribution in [2.75, 3.05) is 26.3 Å².